The van der Waals surface area contributed by atoms with Crippen LogP contribution in [0.15, 0.2) is 36.4 Å². The highest BCUT2D eigenvalue weighted by atomic mass is 16.2. The summed E-state index contributed by atoms with van der Waals surface area (Å²) in [5.74, 6) is 0.726. The molecule has 0 N–H and O–H groups in total. The van der Waals surface area contributed by atoms with Gasteiger partial charge in [-0.05, 0) is 50.2 Å². The predicted octanol–water partition coefficient (Wildman–Crippen LogP) is 2.72. The third kappa shape index (κ3) is 4.02. The van der Waals surface area contributed by atoms with Crippen molar-refractivity contribution in [1.82, 2.24) is 20.0 Å². The molecule has 138 valence electrons. The molecule has 1 saturated heterocycles. The molecule has 1 amide bonds. The second kappa shape index (κ2) is 8.27. The van der Waals surface area contributed by atoms with Crippen molar-refractivity contribution in [2.45, 2.75) is 20.8 Å². The van der Waals surface area contributed by atoms with Crippen molar-refractivity contribution < 1.29 is 4.79 Å². The number of likely N-dealkylation sites (N-methyl/N-ethyl adjacent to an activating group) is 1. The Bertz CT molecular complexity index is 738. The zero-order chi connectivity index (χ0) is 18.5. The number of hydrogen-bond acceptors (Lipinski definition) is 5. The number of nitrogens with zero attached hydrogens (tertiary/aromatic N) is 5. The fourth-order valence-electron chi connectivity index (χ4n) is 3.29. The number of aryl methyl sites for hydroxylation is 1. The molecule has 1 aromatic heterocycles. The Morgan fingerprint density at radius 3 is 2.42 bits per heavy atom. The number of aromatic nitrogens is 2. The molecule has 1 fully saturated rings. The molecule has 0 aliphatic carbocycles. The van der Waals surface area contributed by atoms with E-state index in [9.17, 15) is 4.79 Å². The van der Waals surface area contributed by atoms with E-state index in [0.29, 0.717) is 5.69 Å². The molecule has 0 spiro atoms. The van der Waals surface area contributed by atoms with Crippen LogP contribution in [0.4, 0.5) is 11.5 Å². The number of hydrogen-bond donors (Lipinski definition) is 0. The summed E-state index contributed by atoms with van der Waals surface area (Å²) in [4.78, 5) is 19.0. The number of piperazine rings is 1. The third-order valence-electron chi connectivity index (χ3n) is 4.88. The van der Waals surface area contributed by atoms with Gasteiger partial charge in [-0.2, -0.15) is 0 Å². The Kier molecular flexibility index (Phi) is 5.83. The molecule has 2 heterocycles. The molecule has 0 unspecified atom stereocenters. The molecule has 0 bridgehead atoms. The topological polar surface area (TPSA) is 52.6 Å². The molecule has 26 heavy (non-hydrogen) atoms. The average molecular weight is 353 g/mol. The first-order valence-corrected chi connectivity index (χ1v) is 9.32. The van der Waals surface area contributed by atoms with Crippen molar-refractivity contribution in [3.63, 3.8) is 0 Å². The van der Waals surface area contributed by atoms with E-state index in [-0.39, 0.29) is 5.91 Å². The molecule has 1 aromatic carbocycles. The number of anilines is 2. The van der Waals surface area contributed by atoms with Crippen molar-refractivity contribution in [3.8, 4) is 0 Å². The van der Waals surface area contributed by atoms with E-state index >= 15 is 0 Å². The van der Waals surface area contributed by atoms with Crippen LogP contribution < -0.4 is 4.90 Å². The molecule has 2 aromatic rings. The minimum absolute atomic E-state index is 0.0293. The molecule has 1 aliphatic rings. The van der Waals surface area contributed by atoms with E-state index in [4.69, 9.17) is 0 Å². The van der Waals surface area contributed by atoms with Crippen molar-refractivity contribution >= 4 is 17.4 Å². The Hall–Kier alpha value is -2.47. The first-order chi connectivity index (χ1) is 12.6. The summed E-state index contributed by atoms with van der Waals surface area (Å²) in [6.07, 6.45) is 0. The summed E-state index contributed by atoms with van der Waals surface area (Å²) in [5.41, 5.74) is 2.70. The van der Waals surface area contributed by atoms with Crippen molar-refractivity contribution in [2.75, 3.05) is 44.2 Å². The summed E-state index contributed by atoms with van der Waals surface area (Å²) in [5, 5.41) is 8.53. The number of carbonyl (C=O) groups is 1. The van der Waals surface area contributed by atoms with Crippen LogP contribution in [0, 0.1) is 6.92 Å². The van der Waals surface area contributed by atoms with E-state index < -0.39 is 0 Å². The second-order valence-corrected chi connectivity index (χ2v) is 6.59. The predicted molar refractivity (Wildman–Crippen MR) is 104 cm³/mol. The lowest BCUT2D eigenvalue weighted by Gasteiger charge is -2.33. The molecular weight excluding hydrogens is 326 g/mol. The molecule has 6 nitrogen and oxygen atoms in total. The van der Waals surface area contributed by atoms with Crippen LogP contribution in [0.25, 0.3) is 0 Å². The lowest BCUT2D eigenvalue weighted by molar-refractivity contribution is 0.0636. The van der Waals surface area contributed by atoms with Crippen LogP contribution in [0.1, 0.15) is 29.9 Å². The summed E-state index contributed by atoms with van der Waals surface area (Å²) in [6, 6.07) is 12.0. The van der Waals surface area contributed by atoms with E-state index in [1.807, 2.05) is 17.0 Å². The molecular formula is C20H27N5O. The maximum Gasteiger partial charge on any atom is 0.274 e. The number of carbonyl (C=O) groups excluding carboxylic acids is 1. The van der Waals surface area contributed by atoms with E-state index in [0.717, 1.165) is 50.8 Å². The minimum Gasteiger partial charge on any atom is -0.335 e. The SMILES string of the molecule is CCN1CCN(C(=O)c2ccc(N(CC)c3cccc(C)c3)nn2)CC1. The van der Waals surface area contributed by atoms with Crippen molar-refractivity contribution in [2.24, 2.45) is 0 Å². The molecule has 3 rings (SSSR count). The van der Waals surface area contributed by atoms with Gasteiger partial charge in [-0.15, -0.1) is 10.2 Å². The largest absolute Gasteiger partial charge is 0.335 e. The quantitative estimate of drug-likeness (QED) is 0.827. The van der Waals surface area contributed by atoms with Crippen LogP contribution in [-0.2, 0) is 0 Å². The summed E-state index contributed by atoms with van der Waals surface area (Å²) in [6.45, 7) is 11.5. The van der Waals surface area contributed by atoms with E-state index in [2.05, 4.69) is 59.0 Å². The van der Waals surface area contributed by atoms with Gasteiger partial charge in [0.05, 0.1) is 0 Å². The highest BCUT2D eigenvalue weighted by Crippen LogP contribution is 2.23. The lowest BCUT2D eigenvalue weighted by Crippen LogP contribution is -2.48. The van der Waals surface area contributed by atoms with Gasteiger partial charge in [0.25, 0.3) is 5.91 Å². The van der Waals surface area contributed by atoms with Gasteiger partial charge in [0.1, 0.15) is 0 Å². The molecule has 1 aliphatic heterocycles. The van der Waals surface area contributed by atoms with Crippen LogP contribution in [-0.4, -0.2) is 65.2 Å². The van der Waals surface area contributed by atoms with Gasteiger partial charge in [-0.1, -0.05) is 19.1 Å². The highest BCUT2D eigenvalue weighted by molar-refractivity contribution is 5.92. The Morgan fingerprint density at radius 2 is 1.85 bits per heavy atom. The summed E-state index contributed by atoms with van der Waals surface area (Å²) >= 11 is 0. The Labute approximate surface area is 155 Å². The monoisotopic (exact) mass is 353 g/mol. The smallest absolute Gasteiger partial charge is 0.274 e. The zero-order valence-electron chi connectivity index (χ0n) is 15.9. The van der Waals surface area contributed by atoms with Gasteiger partial charge in [-0.3, -0.25) is 4.79 Å². The van der Waals surface area contributed by atoms with E-state index in [1.165, 1.54) is 5.56 Å². The van der Waals surface area contributed by atoms with E-state index in [1.54, 1.807) is 6.07 Å². The minimum atomic E-state index is -0.0293. The van der Waals surface area contributed by atoms with Crippen LogP contribution in [0.5, 0.6) is 0 Å². The highest BCUT2D eigenvalue weighted by Gasteiger charge is 2.22. The van der Waals surface area contributed by atoms with Crippen molar-refractivity contribution in [3.05, 3.63) is 47.7 Å². The maximum atomic E-state index is 12.7. The van der Waals surface area contributed by atoms with Gasteiger partial charge >= 0.3 is 0 Å². The lowest BCUT2D eigenvalue weighted by atomic mass is 10.2. The fraction of sp³-hybridized carbons (Fsp3) is 0.450. The third-order valence-corrected chi connectivity index (χ3v) is 4.88. The number of rotatable bonds is 5. The standard InChI is InChI=1S/C20H27N5O/c1-4-23-11-13-24(14-12-23)20(26)18-9-10-19(22-21-18)25(5-2)17-8-6-7-16(3)15-17/h6-10,15H,4-5,11-14H2,1-3H3. The molecule has 6 heteroatoms. The summed E-state index contributed by atoms with van der Waals surface area (Å²) in [7, 11) is 0. The average Bonchev–Trinajstić information content (AvgIpc) is 2.69. The molecule has 0 atom stereocenters. The van der Waals surface area contributed by atoms with Gasteiger partial charge in [0, 0.05) is 38.4 Å². The number of amides is 1. The maximum absolute atomic E-state index is 12.7. The Balaban J connectivity index is 1.72. The molecule has 0 saturated carbocycles. The first kappa shape index (κ1) is 18.3. The van der Waals surface area contributed by atoms with Crippen LogP contribution >= 0.6 is 0 Å². The fourth-order valence-corrected chi connectivity index (χ4v) is 3.29. The van der Waals surface area contributed by atoms with Crippen LogP contribution in [0.2, 0.25) is 0 Å². The van der Waals surface area contributed by atoms with Gasteiger partial charge in [0.15, 0.2) is 11.5 Å². The van der Waals surface area contributed by atoms with Gasteiger partial charge < -0.3 is 14.7 Å². The van der Waals surface area contributed by atoms with Gasteiger partial charge in [0.2, 0.25) is 0 Å². The normalized spacial score (nSPS) is 15.1. The van der Waals surface area contributed by atoms with Crippen LogP contribution in [0.3, 0.4) is 0 Å². The second-order valence-electron chi connectivity index (χ2n) is 6.59. The zero-order valence-corrected chi connectivity index (χ0v) is 15.9. The number of benzene rings is 1. The summed E-state index contributed by atoms with van der Waals surface area (Å²) < 4.78 is 0. The van der Waals surface area contributed by atoms with Gasteiger partial charge in [-0.25, -0.2) is 0 Å². The Morgan fingerprint density at radius 1 is 1.08 bits per heavy atom. The van der Waals surface area contributed by atoms with Crippen molar-refractivity contribution in [1.29, 1.82) is 0 Å². The first-order valence-electron chi connectivity index (χ1n) is 9.32. The molecule has 0 radical (unpaired) electrons.